The normalized spacial score (nSPS) is 16.7. The summed E-state index contributed by atoms with van der Waals surface area (Å²) in [5.74, 6) is -0.389. The van der Waals surface area contributed by atoms with Crippen molar-refractivity contribution < 1.29 is 19.1 Å². The zero-order valence-electron chi connectivity index (χ0n) is 18.4. The zero-order chi connectivity index (χ0) is 22.7. The molecule has 1 atom stereocenters. The number of rotatable bonds is 5. The topological polar surface area (TPSA) is 125 Å². The average molecular weight is 441 g/mol. The highest BCUT2D eigenvalue weighted by atomic mass is 16.6. The van der Waals surface area contributed by atoms with Gasteiger partial charge in [0, 0.05) is 12.0 Å². The lowest BCUT2D eigenvalue weighted by molar-refractivity contribution is -0.115. The van der Waals surface area contributed by atoms with Gasteiger partial charge in [-0.1, -0.05) is 0 Å². The maximum absolute atomic E-state index is 12.6. The van der Waals surface area contributed by atoms with Gasteiger partial charge in [0.15, 0.2) is 6.23 Å². The smallest absolute Gasteiger partial charge is 0.408 e. The van der Waals surface area contributed by atoms with Gasteiger partial charge in [-0.3, -0.25) is 9.36 Å². The molecular formula is C21H27N7O4. The van der Waals surface area contributed by atoms with Crippen LogP contribution in [-0.4, -0.2) is 55.3 Å². The standard InChI is InChI=1S/C21H27N7O4/c1-21(2,3)32-20(30)22-11-18(29)26-16-8-14(27-12-23-24-13-27)9-17-15(16)10-25-28(17)19-6-4-5-7-31-19/h8-10,12-13,19H,4-7,11H2,1-3H3,(H,22,30)(H,26,29). The van der Waals surface area contributed by atoms with Crippen LogP contribution in [0.4, 0.5) is 10.5 Å². The highest BCUT2D eigenvalue weighted by Crippen LogP contribution is 2.32. The fourth-order valence-corrected chi connectivity index (χ4v) is 3.52. The fraction of sp³-hybridized carbons (Fsp3) is 0.476. The van der Waals surface area contributed by atoms with Crippen molar-refractivity contribution in [1.29, 1.82) is 0 Å². The maximum Gasteiger partial charge on any atom is 0.408 e. The molecule has 1 fully saturated rings. The second kappa shape index (κ2) is 8.95. The number of amides is 2. The van der Waals surface area contributed by atoms with Crippen molar-refractivity contribution in [2.45, 2.75) is 51.9 Å². The molecule has 1 unspecified atom stereocenters. The number of fused-ring (bicyclic) bond motifs is 1. The third-order valence-corrected chi connectivity index (χ3v) is 4.91. The van der Waals surface area contributed by atoms with Gasteiger partial charge in [0.1, 0.15) is 24.8 Å². The molecule has 1 aliphatic rings. The predicted octanol–water partition coefficient (Wildman–Crippen LogP) is 2.78. The Labute approximate surface area is 185 Å². The summed E-state index contributed by atoms with van der Waals surface area (Å²) in [6.07, 6.45) is 7.02. The number of hydrogen-bond donors (Lipinski definition) is 2. The van der Waals surface area contributed by atoms with Crippen molar-refractivity contribution in [2.75, 3.05) is 18.5 Å². The van der Waals surface area contributed by atoms with Crippen molar-refractivity contribution in [2.24, 2.45) is 0 Å². The van der Waals surface area contributed by atoms with Crippen LogP contribution in [0, 0.1) is 0 Å². The van der Waals surface area contributed by atoms with E-state index in [0.29, 0.717) is 12.3 Å². The Morgan fingerprint density at radius 3 is 2.69 bits per heavy atom. The van der Waals surface area contributed by atoms with Crippen LogP contribution in [0.3, 0.4) is 0 Å². The molecule has 0 saturated carbocycles. The van der Waals surface area contributed by atoms with Gasteiger partial charge in [-0.25, -0.2) is 9.48 Å². The van der Waals surface area contributed by atoms with Crippen LogP contribution in [-0.2, 0) is 14.3 Å². The molecule has 0 aliphatic carbocycles. The molecule has 1 saturated heterocycles. The van der Waals surface area contributed by atoms with Crippen molar-refractivity contribution in [3.63, 3.8) is 0 Å². The number of carbonyl (C=O) groups excluding carboxylic acids is 2. The van der Waals surface area contributed by atoms with Gasteiger partial charge in [0.05, 0.1) is 23.1 Å². The summed E-state index contributed by atoms with van der Waals surface area (Å²) in [6.45, 7) is 5.73. The summed E-state index contributed by atoms with van der Waals surface area (Å²) in [7, 11) is 0. The molecule has 170 valence electrons. The van der Waals surface area contributed by atoms with Gasteiger partial charge in [0.2, 0.25) is 5.91 Å². The average Bonchev–Trinajstić information content (AvgIpc) is 3.42. The molecule has 2 N–H and O–H groups in total. The summed E-state index contributed by atoms with van der Waals surface area (Å²) in [6, 6.07) is 3.77. The molecule has 1 aromatic carbocycles. The molecule has 0 bridgehead atoms. The third-order valence-electron chi connectivity index (χ3n) is 4.91. The molecule has 3 aromatic rings. The van der Waals surface area contributed by atoms with Gasteiger partial charge in [-0.2, -0.15) is 5.10 Å². The maximum atomic E-state index is 12.6. The first-order valence-corrected chi connectivity index (χ1v) is 10.5. The number of carbonyl (C=O) groups is 2. The highest BCUT2D eigenvalue weighted by Gasteiger charge is 2.21. The first-order valence-electron chi connectivity index (χ1n) is 10.5. The number of aromatic nitrogens is 5. The summed E-state index contributed by atoms with van der Waals surface area (Å²) >= 11 is 0. The van der Waals surface area contributed by atoms with Gasteiger partial charge in [-0.15, -0.1) is 10.2 Å². The van der Waals surface area contributed by atoms with Crippen LogP contribution in [0.2, 0.25) is 0 Å². The Balaban J connectivity index is 1.59. The number of benzene rings is 1. The quantitative estimate of drug-likeness (QED) is 0.624. The predicted molar refractivity (Wildman–Crippen MR) is 116 cm³/mol. The van der Waals surface area contributed by atoms with Gasteiger partial charge in [0.25, 0.3) is 0 Å². The van der Waals surface area contributed by atoms with E-state index in [1.54, 1.807) is 44.2 Å². The van der Waals surface area contributed by atoms with Crippen molar-refractivity contribution >= 4 is 28.6 Å². The molecule has 0 radical (unpaired) electrons. The lowest BCUT2D eigenvalue weighted by Gasteiger charge is -2.23. The highest BCUT2D eigenvalue weighted by molar-refractivity contribution is 6.03. The first kappa shape index (κ1) is 21.8. The minimum atomic E-state index is -0.654. The van der Waals surface area contributed by atoms with Crippen LogP contribution in [0.1, 0.15) is 46.3 Å². The third kappa shape index (κ3) is 5.05. The number of nitrogens with one attached hydrogen (secondary N) is 2. The molecule has 3 heterocycles. The fourth-order valence-electron chi connectivity index (χ4n) is 3.52. The van der Waals surface area contributed by atoms with Crippen LogP contribution >= 0.6 is 0 Å². The van der Waals surface area contributed by atoms with E-state index in [2.05, 4.69) is 25.9 Å². The van der Waals surface area contributed by atoms with Gasteiger partial charge in [-0.05, 0) is 52.2 Å². The minimum Gasteiger partial charge on any atom is -0.444 e. The second-order valence-electron chi connectivity index (χ2n) is 8.61. The Kier molecular flexibility index (Phi) is 6.08. The summed E-state index contributed by atoms with van der Waals surface area (Å²) in [5, 5.41) is 18.4. The number of anilines is 1. The van der Waals surface area contributed by atoms with E-state index in [-0.39, 0.29) is 18.7 Å². The van der Waals surface area contributed by atoms with Gasteiger partial charge >= 0.3 is 6.09 Å². The van der Waals surface area contributed by atoms with E-state index in [1.807, 2.05) is 16.8 Å². The number of hydrogen-bond acceptors (Lipinski definition) is 7. The van der Waals surface area contributed by atoms with E-state index in [1.165, 1.54) is 0 Å². The molecular weight excluding hydrogens is 414 g/mol. The Hall–Kier alpha value is -3.47. The van der Waals surface area contributed by atoms with E-state index in [9.17, 15) is 9.59 Å². The molecule has 32 heavy (non-hydrogen) atoms. The minimum absolute atomic E-state index is 0.158. The van der Waals surface area contributed by atoms with Gasteiger partial charge < -0.3 is 20.1 Å². The van der Waals surface area contributed by atoms with Crippen molar-refractivity contribution in [1.82, 2.24) is 29.9 Å². The Morgan fingerprint density at radius 1 is 1.22 bits per heavy atom. The summed E-state index contributed by atoms with van der Waals surface area (Å²) < 4.78 is 14.7. The number of nitrogens with zero attached hydrogens (tertiary/aromatic N) is 5. The van der Waals surface area contributed by atoms with Crippen molar-refractivity contribution in [3.8, 4) is 5.69 Å². The Bertz CT molecular complexity index is 1100. The molecule has 0 spiro atoms. The van der Waals surface area contributed by atoms with Crippen molar-refractivity contribution in [3.05, 3.63) is 31.0 Å². The summed E-state index contributed by atoms with van der Waals surface area (Å²) in [4.78, 5) is 24.4. The summed E-state index contributed by atoms with van der Waals surface area (Å²) in [5.41, 5.74) is 1.49. The van der Waals surface area contributed by atoms with Crippen LogP contribution < -0.4 is 10.6 Å². The molecule has 2 aromatic heterocycles. The second-order valence-corrected chi connectivity index (χ2v) is 8.61. The SMILES string of the molecule is CC(C)(C)OC(=O)NCC(=O)Nc1cc(-n2cnnc2)cc2c1cnn2C1CCCCO1. The Morgan fingerprint density at radius 2 is 2.00 bits per heavy atom. The van der Waals surface area contributed by atoms with E-state index >= 15 is 0 Å². The first-order chi connectivity index (χ1) is 15.3. The number of ether oxygens (including phenoxy) is 2. The largest absolute Gasteiger partial charge is 0.444 e. The molecule has 11 heteroatoms. The monoisotopic (exact) mass is 441 g/mol. The molecule has 1 aliphatic heterocycles. The van der Waals surface area contributed by atoms with Crippen LogP contribution in [0.25, 0.3) is 16.6 Å². The zero-order valence-corrected chi connectivity index (χ0v) is 18.4. The lowest BCUT2D eigenvalue weighted by Crippen LogP contribution is -2.37. The molecule has 11 nitrogen and oxygen atoms in total. The molecule has 2 amide bonds. The lowest BCUT2D eigenvalue weighted by atomic mass is 10.1. The number of alkyl carbamates (subject to hydrolysis) is 1. The van der Waals surface area contributed by atoms with E-state index in [0.717, 1.165) is 35.9 Å². The van der Waals surface area contributed by atoms with Crippen LogP contribution in [0.5, 0.6) is 0 Å². The van der Waals surface area contributed by atoms with E-state index < -0.39 is 11.7 Å². The molecule has 4 rings (SSSR count). The van der Waals surface area contributed by atoms with E-state index in [4.69, 9.17) is 9.47 Å². The van der Waals surface area contributed by atoms with Crippen LogP contribution in [0.15, 0.2) is 31.0 Å².